The average Bonchev–Trinajstić information content (AvgIpc) is 3.64. The molecule has 0 saturated heterocycles. The molecule has 53 heavy (non-hydrogen) atoms. The van der Waals surface area contributed by atoms with E-state index in [1.807, 2.05) is 0 Å². The molecule has 1 spiro atoms. The first-order valence-electron chi connectivity index (χ1n) is 18.7. The Hall–Kier alpha value is -6.44. The van der Waals surface area contributed by atoms with Gasteiger partial charge in [-0.15, -0.1) is 0 Å². The van der Waals surface area contributed by atoms with Gasteiger partial charge in [0.05, 0.1) is 5.41 Å². The van der Waals surface area contributed by atoms with E-state index in [4.69, 9.17) is 4.74 Å². The summed E-state index contributed by atoms with van der Waals surface area (Å²) in [5.74, 6) is 1.82. The maximum Gasteiger partial charge on any atom is 0.132 e. The predicted octanol–water partition coefficient (Wildman–Crippen LogP) is 13.6. The molecule has 1 heterocycles. The molecule has 0 N–H and O–H groups in total. The first kappa shape index (κ1) is 29.2. The second-order valence-corrected chi connectivity index (χ2v) is 15.6. The first-order valence-corrected chi connectivity index (χ1v) is 18.7. The van der Waals surface area contributed by atoms with Crippen LogP contribution < -0.4 is 4.74 Å². The molecule has 9 aromatic carbocycles. The standard InChI is InChI=1S/C52H34O/c1-51(2)41-25-20-31-11-3-6-14-36(31)48(41)39-24-19-34(29-44(39)51)35-23-28-47-45(30-35)52(40-17-9-10-18-46(40)53-47)42-26-21-32-12-4-7-15-37(32)49(42)50-38-16-8-5-13-33(38)22-27-43(50)52/h3-30H,1-2H3. The van der Waals surface area contributed by atoms with Gasteiger partial charge in [-0.2, -0.15) is 0 Å². The number of fused-ring (bicyclic) bond motifs is 18. The van der Waals surface area contributed by atoms with Crippen LogP contribution in [-0.4, -0.2) is 0 Å². The lowest BCUT2D eigenvalue weighted by Gasteiger charge is -2.39. The number of benzene rings is 9. The SMILES string of the molecule is CC1(C)c2cc(-c3ccc4c(c3)C3(c5ccccc5O4)c4ccc5ccccc5c4-c4c3ccc3ccccc43)ccc2-c2c1ccc1ccccc21. The molecule has 9 aromatic rings. The van der Waals surface area contributed by atoms with Crippen molar-refractivity contribution in [1.82, 2.24) is 0 Å². The van der Waals surface area contributed by atoms with Crippen LogP contribution in [0.4, 0.5) is 0 Å². The van der Waals surface area contributed by atoms with Gasteiger partial charge in [0.25, 0.3) is 0 Å². The summed E-state index contributed by atoms with van der Waals surface area (Å²) in [6.45, 7) is 4.76. The lowest BCUT2D eigenvalue weighted by atomic mass is 9.65. The summed E-state index contributed by atoms with van der Waals surface area (Å²) in [7, 11) is 0. The van der Waals surface area contributed by atoms with E-state index in [1.54, 1.807) is 0 Å². The molecule has 3 aliphatic rings. The second kappa shape index (κ2) is 10.1. The van der Waals surface area contributed by atoms with E-state index in [9.17, 15) is 0 Å². The van der Waals surface area contributed by atoms with Crippen LogP contribution in [0, 0.1) is 0 Å². The summed E-state index contributed by atoms with van der Waals surface area (Å²) in [6, 6.07) is 63.3. The highest BCUT2D eigenvalue weighted by atomic mass is 16.5. The number of ether oxygens (including phenoxy) is 1. The highest BCUT2D eigenvalue weighted by molar-refractivity contribution is 6.12. The molecule has 1 nitrogen and oxygen atoms in total. The molecule has 0 fully saturated rings. The van der Waals surface area contributed by atoms with Crippen molar-refractivity contribution in [2.24, 2.45) is 0 Å². The van der Waals surface area contributed by atoms with Crippen LogP contribution in [-0.2, 0) is 10.8 Å². The predicted molar refractivity (Wildman–Crippen MR) is 219 cm³/mol. The Balaban J connectivity index is 1.15. The Kier molecular flexibility index (Phi) is 5.57. The maximum absolute atomic E-state index is 6.85. The zero-order chi connectivity index (χ0) is 35.1. The highest BCUT2D eigenvalue weighted by Crippen LogP contribution is 2.64. The Bertz CT molecular complexity index is 2980. The summed E-state index contributed by atoms with van der Waals surface area (Å²) in [5, 5.41) is 7.70. The molecule has 1 heteroatoms. The van der Waals surface area contributed by atoms with E-state index >= 15 is 0 Å². The third kappa shape index (κ3) is 3.62. The molecule has 0 saturated carbocycles. The van der Waals surface area contributed by atoms with Gasteiger partial charge < -0.3 is 4.74 Å². The normalized spacial score (nSPS) is 15.1. The van der Waals surface area contributed by atoms with Crippen molar-refractivity contribution < 1.29 is 4.74 Å². The zero-order valence-electron chi connectivity index (χ0n) is 29.6. The van der Waals surface area contributed by atoms with E-state index in [2.05, 4.69) is 184 Å². The highest BCUT2D eigenvalue weighted by Gasteiger charge is 2.52. The van der Waals surface area contributed by atoms with Crippen molar-refractivity contribution in [2.45, 2.75) is 24.7 Å². The van der Waals surface area contributed by atoms with E-state index in [0.29, 0.717) is 0 Å². The van der Waals surface area contributed by atoms with Gasteiger partial charge in [-0.05, 0) is 112 Å². The number of hydrogen-bond acceptors (Lipinski definition) is 1. The molecule has 0 radical (unpaired) electrons. The summed E-state index contributed by atoms with van der Waals surface area (Å²) in [4.78, 5) is 0. The quantitative estimate of drug-likeness (QED) is 0.168. The second-order valence-electron chi connectivity index (χ2n) is 15.6. The zero-order valence-corrected chi connectivity index (χ0v) is 29.6. The van der Waals surface area contributed by atoms with Gasteiger partial charge in [-0.3, -0.25) is 0 Å². The van der Waals surface area contributed by atoms with Crippen molar-refractivity contribution in [1.29, 1.82) is 0 Å². The molecule has 0 unspecified atom stereocenters. The largest absolute Gasteiger partial charge is 0.457 e. The molecule has 1 aliphatic heterocycles. The van der Waals surface area contributed by atoms with Crippen molar-refractivity contribution in [3.8, 4) is 44.9 Å². The van der Waals surface area contributed by atoms with Crippen LogP contribution in [0.2, 0.25) is 0 Å². The van der Waals surface area contributed by atoms with Gasteiger partial charge in [0.15, 0.2) is 0 Å². The Morgan fingerprint density at radius 2 is 0.849 bits per heavy atom. The van der Waals surface area contributed by atoms with Crippen LogP contribution in [0.25, 0.3) is 65.7 Å². The number of hydrogen-bond donors (Lipinski definition) is 0. The van der Waals surface area contributed by atoms with E-state index in [1.165, 1.54) is 99.1 Å². The average molecular weight is 675 g/mol. The molecule has 248 valence electrons. The summed E-state index contributed by atoms with van der Waals surface area (Å²) < 4.78 is 6.85. The minimum atomic E-state index is -0.565. The molecular weight excluding hydrogens is 641 g/mol. The van der Waals surface area contributed by atoms with Crippen LogP contribution in [0.3, 0.4) is 0 Å². The van der Waals surface area contributed by atoms with Gasteiger partial charge in [-0.25, -0.2) is 0 Å². The minimum absolute atomic E-state index is 0.117. The molecule has 0 bridgehead atoms. The first-order chi connectivity index (χ1) is 26.0. The van der Waals surface area contributed by atoms with Crippen LogP contribution >= 0.6 is 0 Å². The summed E-state index contributed by atoms with van der Waals surface area (Å²) in [5.41, 5.74) is 14.9. The molecule has 2 aliphatic carbocycles. The minimum Gasteiger partial charge on any atom is -0.457 e. The van der Waals surface area contributed by atoms with E-state index in [-0.39, 0.29) is 5.41 Å². The topological polar surface area (TPSA) is 9.23 Å². The van der Waals surface area contributed by atoms with E-state index < -0.39 is 5.41 Å². The number of para-hydroxylation sites is 1. The Labute approximate surface area is 308 Å². The van der Waals surface area contributed by atoms with Gasteiger partial charge in [0, 0.05) is 16.5 Å². The Morgan fingerprint density at radius 1 is 0.358 bits per heavy atom. The van der Waals surface area contributed by atoms with Crippen molar-refractivity contribution in [3.63, 3.8) is 0 Å². The van der Waals surface area contributed by atoms with Crippen LogP contribution in [0.5, 0.6) is 11.5 Å². The maximum atomic E-state index is 6.85. The molecule has 12 rings (SSSR count). The van der Waals surface area contributed by atoms with Crippen LogP contribution in [0.1, 0.15) is 47.2 Å². The Morgan fingerprint density at radius 3 is 1.49 bits per heavy atom. The van der Waals surface area contributed by atoms with Crippen LogP contribution in [0.15, 0.2) is 170 Å². The van der Waals surface area contributed by atoms with Crippen molar-refractivity contribution in [3.05, 3.63) is 203 Å². The smallest absolute Gasteiger partial charge is 0.132 e. The van der Waals surface area contributed by atoms with Gasteiger partial charge in [0.1, 0.15) is 11.5 Å². The molecule has 0 aromatic heterocycles. The summed E-state index contributed by atoms with van der Waals surface area (Å²) in [6.07, 6.45) is 0. The third-order valence-corrected chi connectivity index (χ3v) is 12.7. The lowest BCUT2D eigenvalue weighted by molar-refractivity contribution is 0.436. The fourth-order valence-electron chi connectivity index (χ4n) is 10.3. The van der Waals surface area contributed by atoms with Gasteiger partial charge >= 0.3 is 0 Å². The van der Waals surface area contributed by atoms with Gasteiger partial charge in [0.2, 0.25) is 0 Å². The molecule has 0 amide bonds. The summed E-state index contributed by atoms with van der Waals surface area (Å²) >= 11 is 0. The fraction of sp³-hybridized carbons (Fsp3) is 0.0769. The monoisotopic (exact) mass is 674 g/mol. The molecule has 0 atom stereocenters. The third-order valence-electron chi connectivity index (χ3n) is 12.7. The fourth-order valence-corrected chi connectivity index (χ4v) is 10.3. The molecular formula is C52H34O. The van der Waals surface area contributed by atoms with E-state index in [0.717, 1.165) is 11.5 Å². The van der Waals surface area contributed by atoms with Gasteiger partial charge in [-0.1, -0.05) is 159 Å². The van der Waals surface area contributed by atoms with Crippen molar-refractivity contribution >= 4 is 32.3 Å². The lowest BCUT2D eigenvalue weighted by Crippen LogP contribution is -2.32. The number of rotatable bonds is 1. The van der Waals surface area contributed by atoms with Crippen molar-refractivity contribution in [2.75, 3.05) is 0 Å².